The number of amidine groups is 1. The van der Waals surface area contributed by atoms with Crippen molar-refractivity contribution in [3.05, 3.63) is 17.6 Å². The van der Waals surface area contributed by atoms with Crippen molar-refractivity contribution in [1.29, 1.82) is 5.41 Å². The van der Waals surface area contributed by atoms with E-state index in [0.717, 1.165) is 31.7 Å². The van der Waals surface area contributed by atoms with Crippen molar-refractivity contribution in [1.82, 2.24) is 9.97 Å². The average molecular weight is 247 g/mol. The third kappa shape index (κ3) is 2.78. The number of anilines is 1. The number of nitrogens with zero attached hydrogens (tertiary/aromatic N) is 3. The summed E-state index contributed by atoms with van der Waals surface area (Å²) in [6.45, 7) is 3.75. The summed E-state index contributed by atoms with van der Waals surface area (Å²) in [4.78, 5) is 11.0. The Morgan fingerprint density at radius 3 is 2.89 bits per heavy atom. The zero-order valence-electron chi connectivity index (χ0n) is 10.9. The van der Waals surface area contributed by atoms with Gasteiger partial charge in [0.15, 0.2) is 0 Å². The molecule has 0 aliphatic heterocycles. The number of fused-ring (bicyclic) bond motifs is 1. The van der Waals surface area contributed by atoms with Gasteiger partial charge in [0.2, 0.25) is 0 Å². The lowest BCUT2D eigenvalue weighted by Gasteiger charge is -2.26. The van der Waals surface area contributed by atoms with E-state index in [9.17, 15) is 0 Å². The van der Waals surface area contributed by atoms with Crippen LogP contribution in [0.3, 0.4) is 0 Å². The lowest BCUT2D eigenvalue weighted by molar-refractivity contribution is 0.655. The molecule has 18 heavy (non-hydrogen) atoms. The monoisotopic (exact) mass is 247 g/mol. The van der Waals surface area contributed by atoms with Gasteiger partial charge >= 0.3 is 0 Å². The highest BCUT2D eigenvalue weighted by molar-refractivity contribution is 5.77. The SMILES string of the molecule is CCN(CCC(=N)N)c1ncnc2c1CCCC2. The predicted octanol–water partition coefficient (Wildman–Crippen LogP) is 1.51. The Labute approximate surface area is 108 Å². The van der Waals surface area contributed by atoms with Crippen LogP contribution in [-0.2, 0) is 12.8 Å². The molecular formula is C13H21N5. The molecule has 98 valence electrons. The van der Waals surface area contributed by atoms with Crippen LogP contribution in [-0.4, -0.2) is 28.9 Å². The minimum atomic E-state index is 0.233. The molecule has 0 spiro atoms. The first-order valence-electron chi connectivity index (χ1n) is 6.63. The van der Waals surface area contributed by atoms with E-state index in [1.807, 2.05) is 0 Å². The molecule has 1 aromatic heterocycles. The van der Waals surface area contributed by atoms with Crippen LogP contribution in [0, 0.1) is 5.41 Å². The van der Waals surface area contributed by atoms with Gasteiger partial charge in [-0.1, -0.05) is 0 Å². The van der Waals surface area contributed by atoms with Gasteiger partial charge in [-0.05, 0) is 32.6 Å². The molecule has 3 N–H and O–H groups in total. The Kier molecular flexibility index (Phi) is 4.12. The number of nitrogens with two attached hydrogens (primary N) is 1. The number of nitrogens with one attached hydrogen (secondary N) is 1. The Bertz CT molecular complexity index is 429. The highest BCUT2D eigenvalue weighted by atomic mass is 15.2. The molecule has 0 fully saturated rings. The second kappa shape index (κ2) is 5.80. The topological polar surface area (TPSA) is 78.9 Å². The Balaban J connectivity index is 2.22. The van der Waals surface area contributed by atoms with Crippen LogP contribution in [0.5, 0.6) is 0 Å². The first-order valence-corrected chi connectivity index (χ1v) is 6.63. The van der Waals surface area contributed by atoms with E-state index in [0.29, 0.717) is 6.42 Å². The van der Waals surface area contributed by atoms with Gasteiger partial charge in [-0.3, -0.25) is 5.41 Å². The zero-order chi connectivity index (χ0) is 13.0. The van der Waals surface area contributed by atoms with Crippen LogP contribution in [0.2, 0.25) is 0 Å². The van der Waals surface area contributed by atoms with Gasteiger partial charge in [-0.25, -0.2) is 9.97 Å². The first kappa shape index (κ1) is 12.8. The molecule has 5 nitrogen and oxygen atoms in total. The van der Waals surface area contributed by atoms with E-state index < -0.39 is 0 Å². The summed E-state index contributed by atoms with van der Waals surface area (Å²) < 4.78 is 0. The quantitative estimate of drug-likeness (QED) is 0.610. The fraction of sp³-hybridized carbons (Fsp3) is 0.615. The van der Waals surface area contributed by atoms with E-state index in [4.69, 9.17) is 11.1 Å². The fourth-order valence-electron chi connectivity index (χ4n) is 2.45. The predicted molar refractivity (Wildman–Crippen MR) is 73.1 cm³/mol. The van der Waals surface area contributed by atoms with Crippen molar-refractivity contribution >= 4 is 11.7 Å². The second-order valence-electron chi connectivity index (χ2n) is 4.68. The van der Waals surface area contributed by atoms with E-state index in [-0.39, 0.29) is 5.84 Å². The normalized spacial score (nSPS) is 14.1. The van der Waals surface area contributed by atoms with Crippen LogP contribution < -0.4 is 10.6 Å². The molecule has 1 heterocycles. The van der Waals surface area contributed by atoms with Crippen molar-refractivity contribution in [2.24, 2.45) is 5.73 Å². The molecule has 1 aliphatic rings. The van der Waals surface area contributed by atoms with Gasteiger partial charge in [0.1, 0.15) is 12.1 Å². The van der Waals surface area contributed by atoms with Gasteiger partial charge in [0.25, 0.3) is 0 Å². The van der Waals surface area contributed by atoms with Crippen molar-refractivity contribution in [3.8, 4) is 0 Å². The fourth-order valence-corrected chi connectivity index (χ4v) is 2.45. The minimum Gasteiger partial charge on any atom is -0.388 e. The summed E-state index contributed by atoms with van der Waals surface area (Å²) >= 11 is 0. The number of hydrogen-bond acceptors (Lipinski definition) is 4. The molecule has 5 heteroatoms. The van der Waals surface area contributed by atoms with Gasteiger partial charge < -0.3 is 10.6 Å². The summed E-state index contributed by atoms with van der Waals surface area (Å²) in [6, 6.07) is 0. The molecule has 0 bridgehead atoms. The van der Waals surface area contributed by atoms with Crippen LogP contribution in [0.25, 0.3) is 0 Å². The van der Waals surface area contributed by atoms with Gasteiger partial charge in [-0.15, -0.1) is 0 Å². The maximum atomic E-state index is 7.33. The third-order valence-electron chi connectivity index (χ3n) is 3.43. The molecule has 0 amide bonds. The van der Waals surface area contributed by atoms with Gasteiger partial charge in [0.05, 0.1) is 5.84 Å². The molecule has 1 aromatic rings. The highest BCUT2D eigenvalue weighted by Gasteiger charge is 2.18. The summed E-state index contributed by atoms with van der Waals surface area (Å²) in [5.74, 6) is 1.28. The molecule has 0 saturated carbocycles. The largest absolute Gasteiger partial charge is 0.388 e. The van der Waals surface area contributed by atoms with Gasteiger partial charge in [0, 0.05) is 30.8 Å². The Hall–Kier alpha value is -1.65. The summed E-state index contributed by atoms with van der Waals surface area (Å²) in [7, 11) is 0. The molecular weight excluding hydrogens is 226 g/mol. The van der Waals surface area contributed by atoms with Gasteiger partial charge in [-0.2, -0.15) is 0 Å². The van der Waals surface area contributed by atoms with Crippen LogP contribution in [0.1, 0.15) is 37.4 Å². The lowest BCUT2D eigenvalue weighted by atomic mass is 9.96. The minimum absolute atomic E-state index is 0.233. The summed E-state index contributed by atoms with van der Waals surface area (Å²) in [5, 5.41) is 7.33. The maximum absolute atomic E-state index is 7.33. The Morgan fingerprint density at radius 2 is 2.17 bits per heavy atom. The molecule has 2 rings (SSSR count). The van der Waals surface area contributed by atoms with E-state index >= 15 is 0 Å². The van der Waals surface area contributed by atoms with Crippen LogP contribution >= 0.6 is 0 Å². The van der Waals surface area contributed by atoms with Crippen LogP contribution in [0.4, 0.5) is 5.82 Å². The van der Waals surface area contributed by atoms with Crippen molar-refractivity contribution in [3.63, 3.8) is 0 Å². The van der Waals surface area contributed by atoms with E-state index in [1.54, 1.807) is 6.33 Å². The standard InChI is InChI=1S/C13H21N5/c1-2-18(8-7-12(14)15)13-10-5-3-4-6-11(10)16-9-17-13/h9H,2-8H2,1H3,(H3,14,15). The smallest absolute Gasteiger partial charge is 0.135 e. The zero-order valence-corrected chi connectivity index (χ0v) is 10.9. The van der Waals surface area contributed by atoms with Crippen LogP contribution in [0.15, 0.2) is 6.33 Å². The van der Waals surface area contributed by atoms with Crippen molar-refractivity contribution < 1.29 is 0 Å². The molecule has 0 radical (unpaired) electrons. The highest BCUT2D eigenvalue weighted by Crippen LogP contribution is 2.26. The molecule has 0 atom stereocenters. The molecule has 0 saturated heterocycles. The number of aryl methyl sites for hydroxylation is 1. The lowest BCUT2D eigenvalue weighted by Crippen LogP contribution is -2.30. The average Bonchev–Trinajstić information content (AvgIpc) is 2.39. The number of hydrogen-bond donors (Lipinski definition) is 2. The number of aromatic nitrogens is 2. The molecule has 1 aliphatic carbocycles. The summed E-state index contributed by atoms with van der Waals surface area (Å²) in [6.07, 6.45) is 6.83. The number of rotatable bonds is 5. The molecule has 0 unspecified atom stereocenters. The summed E-state index contributed by atoms with van der Waals surface area (Å²) in [5.41, 5.74) is 7.94. The van der Waals surface area contributed by atoms with Crippen molar-refractivity contribution in [2.45, 2.75) is 39.0 Å². The molecule has 0 aromatic carbocycles. The van der Waals surface area contributed by atoms with Crippen molar-refractivity contribution in [2.75, 3.05) is 18.0 Å². The Morgan fingerprint density at radius 1 is 1.39 bits per heavy atom. The van der Waals surface area contributed by atoms with E-state index in [2.05, 4.69) is 21.8 Å². The second-order valence-corrected chi connectivity index (χ2v) is 4.68. The van der Waals surface area contributed by atoms with E-state index in [1.165, 1.54) is 24.1 Å². The third-order valence-corrected chi connectivity index (χ3v) is 3.43. The maximum Gasteiger partial charge on any atom is 0.135 e. The first-order chi connectivity index (χ1) is 8.72.